The molecule has 84 valence electrons. The summed E-state index contributed by atoms with van der Waals surface area (Å²) in [6.45, 7) is 5.73. The van der Waals surface area contributed by atoms with Gasteiger partial charge in [0.25, 0.3) is 0 Å². The first-order valence-corrected chi connectivity index (χ1v) is 6.82. The van der Waals surface area contributed by atoms with Crippen molar-refractivity contribution in [2.45, 2.75) is 51.2 Å². The largest absolute Gasteiger partial charge is 0.228 e. The van der Waals surface area contributed by atoms with Crippen molar-refractivity contribution in [1.29, 1.82) is 0 Å². The van der Waals surface area contributed by atoms with Crippen LogP contribution in [-0.4, -0.2) is 13.2 Å². The second-order valence-corrected chi connectivity index (χ2v) is 7.25. The van der Waals surface area contributed by atoms with E-state index in [1.54, 1.807) is 13.8 Å². The van der Waals surface area contributed by atoms with Crippen LogP contribution in [0.4, 0.5) is 0 Å². The smallest absolute Gasteiger partial charge is 0.214 e. The molecular formula is C10H21NO2S. The van der Waals surface area contributed by atoms with E-state index in [-0.39, 0.29) is 5.92 Å². The second kappa shape index (κ2) is 3.81. The van der Waals surface area contributed by atoms with Crippen molar-refractivity contribution in [2.24, 2.45) is 17.0 Å². The van der Waals surface area contributed by atoms with Crippen LogP contribution < -0.4 is 5.14 Å². The molecule has 1 aliphatic rings. The lowest BCUT2D eigenvalue weighted by Gasteiger charge is -2.36. The van der Waals surface area contributed by atoms with Crippen molar-refractivity contribution < 1.29 is 8.42 Å². The molecule has 0 radical (unpaired) electrons. The molecule has 0 atom stereocenters. The Morgan fingerprint density at radius 2 is 1.57 bits per heavy atom. The highest BCUT2D eigenvalue weighted by atomic mass is 32.2. The maximum absolute atomic E-state index is 11.4. The van der Waals surface area contributed by atoms with Crippen molar-refractivity contribution in [3.05, 3.63) is 0 Å². The Labute approximate surface area is 87.1 Å². The molecule has 0 amide bonds. The quantitative estimate of drug-likeness (QED) is 0.771. The van der Waals surface area contributed by atoms with Gasteiger partial charge in [0.05, 0.1) is 4.75 Å². The molecular weight excluding hydrogens is 198 g/mol. The van der Waals surface area contributed by atoms with Gasteiger partial charge in [0.15, 0.2) is 0 Å². The highest BCUT2D eigenvalue weighted by Gasteiger charge is 2.40. The summed E-state index contributed by atoms with van der Waals surface area (Å²) in [5.41, 5.74) is 0. The molecule has 1 aliphatic carbocycles. The molecule has 0 aromatic heterocycles. The molecule has 2 N–H and O–H groups in total. The van der Waals surface area contributed by atoms with Gasteiger partial charge in [-0.3, -0.25) is 0 Å². The molecule has 0 aromatic carbocycles. The van der Waals surface area contributed by atoms with E-state index in [4.69, 9.17) is 5.14 Å². The van der Waals surface area contributed by atoms with Gasteiger partial charge >= 0.3 is 0 Å². The summed E-state index contributed by atoms with van der Waals surface area (Å²) in [5, 5.41) is 5.25. The van der Waals surface area contributed by atoms with Crippen molar-refractivity contribution in [1.82, 2.24) is 0 Å². The molecule has 14 heavy (non-hydrogen) atoms. The zero-order valence-electron chi connectivity index (χ0n) is 9.29. The Morgan fingerprint density at radius 1 is 1.14 bits per heavy atom. The molecule has 0 spiro atoms. The van der Waals surface area contributed by atoms with Gasteiger partial charge in [-0.25, -0.2) is 13.6 Å². The molecule has 0 aliphatic heterocycles. The van der Waals surface area contributed by atoms with E-state index in [9.17, 15) is 8.42 Å². The molecule has 4 heteroatoms. The van der Waals surface area contributed by atoms with E-state index in [1.165, 1.54) is 0 Å². The zero-order chi connectivity index (χ0) is 11.0. The highest BCUT2D eigenvalue weighted by Crippen LogP contribution is 2.38. The Kier molecular flexibility index (Phi) is 3.26. The lowest BCUT2D eigenvalue weighted by Crippen LogP contribution is -2.45. The first-order chi connectivity index (χ1) is 6.25. The van der Waals surface area contributed by atoms with E-state index in [0.717, 1.165) is 31.6 Å². The third-order valence-corrected chi connectivity index (χ3v) is 5.53. The number of hydrogen-bond acceptors (Lipinski definition) is 2. The summed E-state index contributed by atoms with van der Waals surface area (Å²) >= 11 is 0. The minimum atomic E-state index is -3.42. The lowest BCUT2D eigenvalue weighted by atomic mass is 9.77. The Hall–Kier alpha value is -0.0900. The van der Waals surface area contributed by atoms with Crippen molar-refractivity contribution in [2.75, 3.05) is 0 Å². The van der Waals surface area contributed by atoms with Crippen LogP contribution in [0.2, 0.25) is 0 Å². The van der Waals surface area contributed by atoms with Crippen LogP contribution >= 0.6 is 0 Å². The Morgan fingerprint density at radius 3 is 1.93 bits per heavy atom. The average Bonchev–Trinajstić information content (AvgIpc) is 2.03. The number of nitrogens with two attached hydrogens (primary N) is 1. The summed E-state index contributed by atoms with van der Waals surface area (Å²) in [7, 11) is -3.42. The summed E-state index contributed by atoms with van der Waals surface area (Å²) in [4.78, 5) is 0. The molecule has 0 aromatic rings. The van der Waals surface area contributed by atoms with Gasteiger partial charge in [-0.05, 0) is 38.5 Å². The van der Waals surface area contributed by atoms with E-state index in [1.807, 2.05) is 0 Å². The van der Waals surface area contributed by atoms with Crippen LogP contribution in [0.15, 0.2) is 0 Å². The third-order valence-electron chi connectivity index (χ3n) is 3.73. The predicted octanol–water partition coefficient (Wildman–Crippen LogP) is 1.88. The summed E-state index contributed by atoms with van der Waals surface area (Å²) in [5.74, 6) is 0.969. The molecule has 1 fully saturated rings. The van der Waals surface area contributed by atoms with Crippen LogP contribution in [0.1, 0.15) is 46.5 Å². The lowest BCUT2D eigenvalue weighted by molar-refractivity contribution is 0.245. The van der Waals surface area contributed by atoms with Crippen LogP contribution in [-0.2, 0) is 10.0 Å². The molecule has 0 saturated heterocycles. The maximum atomic E-state index is 11.4. The summed E-state index contributed by atoms with van der Waals surface area (Å²) in [6, 6.07) is 0. The topological polar surface area (TPSA) is 60.2 Å². The second-order valence-electron chi connectivity index (χ2n) is 5.11. The van der Waals surface area contributed by atoms with Gasteiger partial charge in [-0.1, -0.05) is 19.8 Å². The van der Waals surface area contributed by atoms with Gasteiger partial charge in [0, 0.05) is 0 Å². The fraction of sp³-hybridized carbons (Fsp3) is 1.00. The monoisotopic (exact) mass is 219 g/mol. The zero-order valence-corrected chi connectivity index (χ0v) is 10.1. The number of rotatable bonds is 2. The standard InChI is InChI=1S/C10H21NO2S/c1-8-4-6-9(7-5-8)10(2,3)14(11,12)13/h8-9H,4-7H2,1-3H3,(H2,11,12,13). The third kappa shape index (κ3) is 2.28. The number of hydrogen-bond donors (Lipinski definition) is 1. The predicted molar refractivity (Wildman–Crippen MR) is 58.3 cm³/mol. The summed E-state index contributed by atoms with van der Waals surface area (Å²) < 4.78 is 22.1. The normalized spacial score (nSPS) is 30.3. The van der Waals surface area contributed by atoms with Crippen LogP contribution in [0.25, 0.3) is 0 Å². The average molecular weight is 219 g/mol. The minimum Gasteiger partial charge on any atom is -0.228 e. The molecule has 0 heterocycles. The van der Waals surface area contributed by atoms with Gasteiger partial charge in [-0.2, -0.15) is 0 Å². The van der Waals surface area contributed by atoms with Gasteiger partial charge in [-0.15, -0.1) is 0 Å². The molecule has 0 bridgehead atoms. The molecule has 1 saturated carbocycles. The van der Waals surface area contributed by atoms with Crippen LogP contribution in [0, 0.1) is 11.8 Å². The first kappa shape index (κ1) is 12.0. The number of sulfonamides is 1. The van der Waals surface area contributed by atoms with Gasteiger partial charge < -0.3 is 0 Å². The maximum Gasteiger partial charge on any atom is 0.214 e. The van der Waals surface area contributed by atoms with Gasteiger partial charge in [0.2, 0.25) is 10.0 Å². The van der Waals surface area contributed by atoms with Crippen molar-refractivity contribution >= 4 is 10.0 Å². The Bertz CT molecular complexity index is 287. The first-order valence-electron chi connectivity index (χ1n) is 5.27. The van der Waals surface area contributed by atoms with Crippen LogP contribution in [0.3, 0.4) is 0 Å². The van der Waals surface area contributed by atoms with E-state index in [2.05, 4.69) is 6.92 Å². The van der Waals surface area contributed by atoms with Gasteiger partial charge in [0.1, 0.15) is 0 Å². The van der Waals surface area contributed by atoms with Crippen molar-refractivity contribution in [3.63, 3.8) is 0 Å². The fourth-order valence-electron chi connectivity index (χ4n) is 2.19. The fourth-order valence-corrected chi connectivity index (χ4v) is 2.89. The van der Waals surface area contributed by atoms with E-state index >= 15 is 0 Å². The van der Waals surface area contributed by atoms with E-state index in [0.29, 0.717) is 0 Å². The molecule has 0 unspecified atom stereocenters. The Balaban J connectivity index is 2.75. The summed E-state index contributed by atoms with van der Waals surface area (Å²) in [6.07, 6.45) is 4.24. The van der Waals surface area contributed by atoms with Crippen molar-refractivity contribution in [3.8, 4) is 0 Å². The SMILES string of the molecule is CC1CCC(C(C)(C)S(N)(=O)=O)CC1. The number of primary sulfonamides is 1. The molecule has 1 rings (SSSR count). The van der Waals surface area contributed by atoms with Crippen LogP contribution in [0.5, 0.6) is 0 Å². The minimum absolute atomic E-state index is 0.230. The van der Waals surface area contributed by atoms with E-state index < -0.39 is 14.8 Å². The highest BCUT2D eigenvalue weighted by molar-refractivity contribution is 7.90. The molecule has 3 nitrogen and oxygen atoms in total.